The fourth-order valence-corrected chi connectivity index (χ4v) is 5.94. The van der Waals surface area contributed by atoms with E-state index in [1.165, 1.54) is 0 Å². The van der Waals surface area contributed by atoms with Gasteiger partial charge in [-0.2, -0.15) is 0 Å². The molecule has 0 amide bonds. The molecule has 3 atom stereocenters. The summed E-state index contributed by atoms with van der Waals surface area (Å²) in [5.74, 6) is 1.55. The first-order valence-electron chi connectivity index (χ1n) is 12.6. The Morgan fingerprint density at radius 3 is 2.44 bits per heavy atom. The molecule has 1 aromatic carbocycles. The first kappa shape index (κ1) is 25.1. The summed E-state index contributed by atoms with van der Waals surface area (Å²) in [6.45, 7) is 21.7. The second-order valence-corrected chi connectivity index (χ2v) is 16.8. The molecule has 3 heterocycles. The molecule has 5 nitrogen and oxygen atoms in total. The molecule has 0 radical (unpaired) electrons. The largest absolute Gasteiger partial charge is 0.489 e. The molecule has 0 bridgehead atoms. The van der Waals surface area contributed by atoms with Gasteiger partial charge in [-0.1, -0.05) is 41.0 Å². The third-order valence-electron chi connectivity index (χ3n) is 7.82. The quantitative estimate of drug-likeness (QED) is 0.334. The van der Waals surface area contributed by atoms with E-state index in [0.29, 0.717) is 5.58 Å². The van der Waals surface area contributed by atoms with Crippen molar-refractivity contribution in [3.8, 4) is 11.5 Å². The Morgan fingerprint density at radius 1 is 1.15 bits per heavy atom. The SMILES string of the molecule is CCCc1cc(=O)oc2c3c(c4c(c12)OC(C)(C)C=C4)OC(C)C(C)C3O[Si](C)(C)C(C)(C)C. The van der Waals surface area contributed by atoms with Crippen molar-refractivity contribution in [2.24, 2.45) is 5.92 Å². The van der Waals surface area contributed by atoms with Gasteiger partial charge in [0.2, 0.25) is 0 Å². The van der Waals surface area contributed by atoms with Crippen molar-refractivity contribution in [3.63, 3.8) is 0 Å². The molecule has 2 aliphatic rings. The van der Waals surface area contributed by atoms with Crippen molar-refractivity contribution in [3.05, 3.63) is 39.3 Å². The van der Waals surface area contributed by atoms with Crippen molar-refractivity contribution < 1.29 is 18.3 Å². The zero-order chi connectivity index (χ0) is 25.2. The third-order valence-corrected chi connectivity index (χ3v) is 12.3. The predicted molar refractivity (Wildman–Crippen MR) is 140 cm³/mol. The number of benzene rings is 1. The number of hydrogen-bond acceptors (Lipinski definition) is 5. The lowest BCUT2D eigenvalue weighted by Crippen LogP contribution is -2.45. The number of rotatable bonds is 4. The van der Waals surface area contributed by atoms with Gasteiger partial charge in [0.15, 0.2) is 13.9 Å². The van der Waals surface area contributed by atoms with Crippen LogP contribution in [0.15, 0.2) is 21.4 Å². The lowest BCUT2D eigenvalue weighted by molar-refractivity contribution is 0.0244. The summed E-state index contributed by atoms with van der Waals surface area (Å²) < 4.78 is 26.1. The summed E-state index contributed by atoms with van der Waals surface area (Å²) in [4.78, 5) is 12.8. The van der Waals surface area contributed by atoms with Gasteiger partial charge in [0, 0.05) is 12.0 Å². The fourth-order valence-electron chi connectivity index (χ4n) is 4.62. The van der Waals surface area contributed by atoms with Gasteiger partial charge in [-0.05, 0) is 63.0 Å². The molecule has 0 aliphatic carbocycles. The average Bonchev–Trinajstić information content (AvgIpc) is 2.69. The molecular formula is C28H40O5Si. The molecule has 2 aliphatic heterocycles. The van der Waals surface area contributed by atoms with Crippen molar-refractivity contribution in [1.82, 2.24) is 0 Å². The van der Waals surface area contributed by atoms with Gasteiger partial charge in [-0.3, -0.25) is 0 Å². The molecule has 0 saturated carbocycles. The van der Waals surface area contributed by atoms with Crippen molar-refractivity contribution in [1.29, 1.82) is 0 Å². The summed E-state index contributed by atoms with van der Waals surface area (Å²) in [5.41, 5.74) is 2.46. The van der Waals surface area contributed by atoms with Crippen molar-refractivity contribution in [2.45, 2.75) is 104 Å². The number of ether oxygens (including phenoxy) is 2. The molecular weight excluding hydrogens is 444 g/mol. The number of aryl methyl sites for hydroxylation is 1. The van der Waals surface area contributed by atoms with Crippen LogP contribution in [0, 0.1) is 5.92 Å². The van der Waals surface area contributed by atoms with Crippen LogP contribution in [0.1, 0.15) is 84.6 Å². The average molecular weight is 485 g/mol. The molecule has 3 unspecified atom stereocenters. The second-order valence-electron chi connectivity index (χ2n) is 12.1. The molecule has 4 rings (SSSR count). The lowest BCUT2D eigenvalue weighted by atomic mass is 9.85. The van der Waals surface area contributed by atoms with E-state index in [1.807, 2.05) is 13.8 Å². The van der Waals surface area contributed by atoms with Crippen molar-refractivity contribution >= 4 is 25.4 Å². The number of fused-ring (bicyclic) bond motifs is 6. The molecule has 0 spiro atoms. The highest BCUT2D eigenvalue weighted by molar-refractivity contribution is 6.74. The molecule has 1 aromatic heterocycles. The first-order chi connectivity index (χ1) is 15.7. The maximum absolute atomic E-state index is 12.8. The van der Waals surface area contributed by atoms with Crippen LogP contribution in [0.5, 0.6) is 11.5 Å². The summed E-state index contributed by atoms with van der Waals surface area (Å²) in [5, 5.41) is 0.918. The maximum Gasteiger partial charge on any atom is 0.336 e. The minimum absolute atomic E-state index is 0.0414. The van der Waals surface area contributed by atoms with E-state index >= 15 is 0 Å². The van der Waals surface area contributed by atoms with Gasteiger partial charge in [-0.25, -0.2) is 4.79 Å². The minimum atomic E-state index is -2.15. The highest BCUT2D eigenvalue weighted by atomic mass is 28.4. The summed E-state index contributed by atoms with van der Waals surface area (Å²) in [6, 6.07) is 1.62. The Kier molecular flexibility index (Phi) is 6.09. The first-order valence-corrected chi connectivity index (χ1v) is 15.5. The molecule has 186 valence electrons. The summed E-state index contributed by atoms with van der Waals surface area (Å²) >= 11 is 0. The Hall–Kier alpha value is -2.05. The summed E-state index contributed by atoms with van der Waals surface area (Å²) in [6.07, 6.45) is 5.55. The van der Waals surface area contributed by atoms with Gasteiger partial charge in [0.1, 0.15) is 23.2 Å². The minimum Gasteiger partial charge on any atom is -0.489 e. The topological polar surface area (TPSA) is 57.9 Å². The zero-order valence-electron chi connectivity index (χ0n) is 22.4. The smallest absolute Gasteiger partial charge is 0.336 e. The van der Waals surface area contributed by atoms with E-state index in [4.69, 9.17) is 18.3 Å². The van der Waals surface area contributed by atoms with Gasteiger partial charge in [-0.15, -0.1) is 0 Å². The lowest BCUT2D eigenvalue weighted by Gasteiger charge is -2.45. The molecule has 0 fully saturated rings. The van der Waals surface area contributed by atoms with E-state index in [2.05, 4.69) is 66.8 Å². The van der Waals surface area contributed by atoms with Crippen molar-refractivity contribution in [2.75, 3.05) is 0 Å². The molecule has 0 N–H and O–H groups in total. The van der Waals surface area contributed by atoms with Crippen LogP contribution in [-0.4, -0.2) is 20.0 Å². The maximum atomic E-state index is 12.8. The van der Waals surface area contributed by atoms with Crippen LogP contribution in [0.4, 0.5) is 0 Å². The Bertz CT molecular complexity index is 1200. The third kappa shape index (κ3) is 4.13. The van der Waals surface area contributed by atoms with Crippen LogP contribution in [0.3, 0.4) is 0 Å². The predicted octanol–water partition coefficient (Wildman–Crippen LogP) is 7.41. The molecule has 2 aromatic rings. The Balaban J connectivity index is 2.10. The standard InChI is InChI=1S/C28H40O5Si/c1-11-12-18-15-20(29)31-26-21(18)25-19(13-14-28(7,8)32-25)24-22(26)23(16(2)17(3)30-24)33-34(9,10)27(4,5)6/h13-17,23H,11-12H2,1-10H3. The Labute approximate surface area is 204 Å². The highest BCUT2D eigenvalue weighted by Crippen LogP contribution is 2.54. The van der Waals surface area contributed by atoms with Gasteiger partial charge < -0.3 is 18.3 Å². The van der Waals surface area contributed by atoms with Crippen LogP contribution in [0.2, 0.25) is 18.1 Å². The van der Waals surface area contributed by atoms with Crippen LogP contribution in [0.25, 0.3) is 17.0 Å². The monoisotopic (exact) mass is 484 g/mol. The van der Waals surface area contributed by atoms with E-state index < -0.39 is 13.9 Å². The van der Waals surface area contributed by atoms with Crippen LogP contribution in [-0.2, 0) is 10.8 Å². The second kappa shape index (κ2) is 8.27. The van der Waals surface area contributed by atoms with E-state index in [0.717, 1.165) is 46.4 Å². The van der Waals surface area contributed by atoms with E-state index in [9.17, 15) is 4.79 Å². The normalized spacial score (nSPS) is 23.8. The van der Waals surface area contributed by atoms with Crippen LogP contribution >= 0.6 is 0 Å². The number of hydrogen-bond donors (Lipinski definition) is 0. The fraction of sp³-hybridized carbons (Fsp3) is 0.607. The van der Waals surface area contributed by atoms with Gasteiger partial charge >= 0.3 is 5.63 Å². The van der Waals surface area contributed by atoms with Gasteiger partial charge in [0.05, 0.1) is 22.6 Å². The Morgan fingerprint density at radius 2 is 1.82 bits per heavy atom. The molecule has 34 heavy (non-hydrogen) atoms. The van der Waals surface area contributed by atoms with E-state index in [-0.39, 0.29) is 28.8 Å². The zero-order valence-corrected chi connectivity index (χ0v) is 23.4. The highest BCUT2D eigenvalue weighted by Gasteiger charge is 2.46. The molecule has 0 saturated heterocycles. The van der Waals surface area contributed by atoms with Crippen LogP contribution < -0.4 is 15.1 Å². The summed E-state index contributed by atoms with van der Waals surface area (Å²) in [7, 11) is -2.15. The van der Waals surface area contributed by atoms with E-state index in [1.54, 1.807) is 6.07 Å². The molecule has 6 heteroatoms. The van der Waals surface area contributed by atoms with Gasteiger partial charge in [0.25, 0.3) is 0 Å².